The minimum atomic E-state index is -0.527. The first kappa shape index (κ1) is 17.4. The van der Waals surface area contributed by atoms with Gasteiger partial charge in [-0.25, -0.2) is 4.39 Å². The molecule has 4 nitrogen and oxygen atoms in total. The topological polar surface area (TPSA) is 47.6 Å². The highest BCUT2D eigenvalue weighted by atomic mass is 19.1. The van der Waals surface area contributed by atoms with E-state index in [0.717, 1.165) is 29.7 Å². The van der Waals surface area contributed by atoms with Crippen molar-refractivity contribution < 1.29 is 18.7 Å². The maximum absolute atomic E-state index is 13.1. The predicted octanol–water partition coefficient (Wildman–Crippen LogP) is 3.37. The minimum Gasteiger partial charge on any atom is -0.497 e. The van der Waals surface area contributed by atoms with Crippen molar-refractivity contribution >= 4 is 5.91 Å². The van der Waals surface area contributed by atoms with Crippen molar-refractivity contribution in [3.63, 3.8) is 0 Å². The Balaban J connectivity index is 1.67. The largest absolute Gasteiger partial charge is 0.497 e. The molecule has 0 aliphatic heterocycles. The summed E-state index contributed by atoms with van der Waals surface area (Å²) in [7, 11) is 3.23. The Kier molecular flexibility index (Phi) is 5.04. The normalized spacial score (nSPS) is 16.1. The van der Waals surface area contributed by atoms with Gasteiger partial charge in [-0.05, 0) is 48.2 Å². The lowest BCUT2D eigenvalue weighted by atomic mass is 9.95. The SMILES string of the molecule is COc1cccc([C@H](CNC(=O)C2(c3ccc(F)cc3)CC2)OC)c1. The lowest BCUT2D eigenvalue weighted by molar-refractivity contribution is -0.124. The van der Waals surface area contributed by atoms with Gasteiger partial charge in [0, 0.05) is 13.7 Å². The molecule has 1 saturated carbocycles. The van der Waals surface area contributed by atoms with Crippen molar-refractivity contribution in [2.24, 2.45) is 0 Å². The van der Waals surface area contributed by atoms with Crippen LogP contribution in [0.15, 0.2) is 48.5 Å². The fourth-order valence-corrected chi connectivity index (χ4v) is 3.07. The highest BCUT2D eigenvalue weighted by molar-refractivity contribution is 5.91. The number of rotatable bonds is 7. The molecule has 0 unspecified atom stereocenters. The second kappa shape index (κ2) is 7.23. The highest BCUT2D eigenvalue weighted by Crippen LogP contribution is 2.48. The average Bonchev–Trinajstić information content (AvgIpc) is 3.45. The van der Waals surface area contributed by atoms with Crippen LogP contribution in [0.1, 0.15) is 30.1 Å². The predicted molar refractivity (Wildman–Crippen MR) is 93.1 cm³/mol. The first-order valence-corrected chi connectivity index (χ1v) is 8.30. The van der Waals surface area contributed by atoms with Crippen LogP contribution in [0.5, 0.6) is 5.75 Å². The summed E-state index contributed by atoms with van der Waals surface area (Å²) in [5, 5.41) is 2.99. The lowest BCUT2D eigenvalue weighted by Gasteiger charge is -2.20. The summed E-state index contributed by atoms with van der Waals surface area (Å²) in [6.07, 6.45) is 1.30. The van der Waals surface area contributed by atoms with Crippen LogP contribution in [-0.2, 0) is 14.9 Å². The van der Waals surface area contributed by atoms with Gasteiger partial charge in [0.1, 0.15) is 11.6 Å². The van der Waals surface area contributed by atoms with Gasteiger partial charge in [-0.1, -0.05) is 24.3 Å². The van der Waals surface area contributed by atoms with Crippen LogP contribution in [0.2, 0.25) is 0 Å². The second-order valence-electron chi connectivity index (χ2n) is 6.30. The third kappa shape index (κ3) is 3.66. The summed E-state index contributed by atoms with van der Waals surface area (Å²) in [6, 6.07) is 13.8. The number of ether oxygens (including phenoxy) is 2. The number of benzene rings is 2. The van der Waals surface area contributed by atoms with Gasteiger partial charge in [-0.3, -0.25) is 4.79 Å². The van der Waals surface area contributed by atoms with Crippen LogP contribution >= 0.6 is 0 Å². The van der Waals surface area contributed by atoms with Gasteiger partial charge in [0.15, 0.2) is 0 Å². The molecular formula is C20H22FNO3. The van der Waals surface area contributed by atoms with Crippen molar-refractivity contribution in [3.8, 4) is 5.75 Å². The van der Waals surface area contributed by atoms with Gasteiger partial charge in [-0.15, -0.1) is 0 Å². The van der Waals surface area contributed by atoms with E-state index < -0.39 is 5.41 Å². The Hall–Kier alpha value is -2.40. The van der Waals surface area contributed by atoms with Gasteiger partial charge in [-0.2, -0.15) is 0 Å². The van der Waals surface area contributed by atoms with Gasteiger partial charge in [0.25, 0.3) is 0 Å². The fraction of sp³-hybridized carbons (Fsp3) is 0.350. The maximum atomic E-state index is 13.1. The standard InChI is InChI=1S/C20H22FNO3/c1-24-17-5-3-4-14(12-17)18(25-2)13-22-19(23)20(10-11-20)15-6-8-16(21)9-7-15/h3-9,12,18H,10-11,13H2,1-2H3,(H,22,23)/t18-/m0/s1. The molecule has 1 N–H and O–H groups in total. The van der Waals surface area contributed by atoms with E-state index in [-0.39, 0.29) is 17.8 Å². The molecule has 0 saturated heterocycles. The van der Waals surface area contributed by atoms with E-state index in [1.54, 1.807) is 26.4 Å². The van der Waals surface area contributed by atoms with E-state index in [2.05, 4.69) is 5.32 Å². The highest BCUT2D eigenvalue weighted by Gasteiger charge is 2.51. The summed E-state index contributed by atoms with van der Waals surface area (Å²) < 4.78 is 23.9. The van der Waals surface area contributed by atoms with Crippen LogP contribution in [0.4, 0.5) is 4.39 Å². The maximum Gasteiger partial charge on any atom is 0.230 e. The monoisotopic (exact) mass is 343 g/mol. The van der Waals surface area contributed by atoms with Crippen molar-refractivity contribution in [1.29, 1.82) is 0 Å². The van der Waals surface area contributed by atoms with Crippen molar-refractivity contribution in [3.05, 3.63) is 65.5 Å². The molecular weight excluding hydrogens is 321 g/mol. The van der Waals surface area contributed by atoms with Crippen molar-refractivity contribution in [2.45, 2.75) is 24.4 Å². The van der Waals surface area contributed by atoms with E-state index in [0.29, 0.717) is 6.54 Å². The zero-order chi connectivity index (χ0) is 17.9. The molecule has 0 radical (unpaired) electrons. The molecule has 2 aromatic carbocycles. The molecule has 0 bridgehead atoms. The number of carbonyl (C=O) groups excluding carboxylic acids is 1. The van der Waals surface area contributed by atoms with E-state index in [1.807, 2.05) is 24.3 Å². The molecule has 1 atom stereocenters. The molecule has 1 aliphatic carbocycles. The number of hydrogen-bond acceptors (Lipinski definition) is 3. The Morgan fingerprint density at radius 1 is 1.20 bits per heavy atom. The Labute approximate surface area is 147 Å². The molecule has 0 heterocycles. The molecule has 5 heteroatoms. The smallest absolute Gasteiger partial charge is 0.230 e. The molecule has 1 amide bonds. The third-order valence-electron chi connectivity index (χ3n) is 4.78. The number of hydrogen-bond donors (Lipinski definition) is 1. The Morgan fingerprint density at radius 2 is 1.92 bits per heavy atom. The second-order valence-corrected chi connectivity index (χ2v) is 6.30. The fourth-order valence-electron chi connectivity index (χ4n) is 3.07. The van der Waals surface area contributed by atoms with Gasteiger partial charge in [0.05, 0.1) is 18.6 Å². The summed E-state index contributed by atoms with van der Waals surface area (Å²) in [5.41, 5.74) is 1.27. The van der Waals surface area contributed by atoms with E-state index in [1.165, 1.54) is 12.1 Å². The molecule has 132 valence electrons. The van der Waals surface area contributed by atoms with Crippen LogP contribution < -0.4 is 10.1 Å². The molecule has 1 fully saturated rings. The number of nitrogens with one attached hydrogen (secondary N) is 1. The molecule has 2 aromatic rings. The summed E-state index contributed by atoms with van der Waals surface area (Å²) in [6.45, 7) is 0.367. The zero-order valence-corrected chi connectivity index (χ0v) is 14.4. The molecule has 25 heavy (non-hydrogen) atoms. The van der Waals surface area contributed by atoms with E-state index >= 15 is 0 Å². The molecule has 0 spiro atoms. The molecule has 3 rings (SSSR count). The van der Waals surface area contributed by atoms with Crippen molar-refractivity contribution in [1.82, 2.24) is 5.32 Å². The number of halogens is 1. The number of methoxy groups -OCH3 is 2. The number of amides is 1. The van der Waals surface area contributed by atoms with Crippen LogP contribution in [-0.4, -0.2) is 26.7 Å². The van der Waals surface area contributed by atoms with Gasteiger partial charge in [0.2, 0.25) is 5.91 Å². The third-order valence-corrected chi connectivity index (χ3v) is 4.78. The van der Waals surface area contributed by atoms with Crippen LogP contribution in [0.3, 0.4) is 0 Å². The van der Waals surface area contributed by atoms with E-state index in [9.17, 15) is 9.18 Å². The van der Waals surface area contributed by atoms with E-state index in [4.69, 9.17) is 9.47 Å². The van der Waals surface area contributed by atoms with Crippen LogP contribution in [0, 0.1) is 5.82 Å². The Bertz CT molecular complexity index is 741. The first-order chi connectivity index (χ1) is 12.1. The first-order valence-electron chi connectivity index (χ1n) is 8.30. The lowest BCUT2D eigenvalue weighted by Crippen LogP contribution is -2.37. The minimum absolute atomic E-state index is 0.0379. The van der Waals surface area contributed by atoms with Gasteiger partial charge < -0.3 is 14.8 Å². The van der Waals surface area contributed by atoms with Crippen molar-refractivity contribution in [2.75, 3.05) is 20.8 Å². The average molecular weight is 343 g/mol. The summed E-state index contributed by atoms with van der Waals surface area (Å²) in [5.74, 6) is 0.414. The zero-order valence-electron chi connectivity index (χ0n) is 14.4. The Morgan fingerprint density at radius 3 is 2.52 bits per heavy atom. The quantitative estimate of drug-likeness (QED) is 0.838. The van der Waals surface area contributed by atoms with Gasteiger partial charge >= 0.3 is 0 Å². The van der Waals surface area contributed by atoms with Crippen LogP contribution in [0.25, 0.3) is 0 Å². The summed E-state index contributed by atoms with van der Waals surface area (Å²) in [4.78, 5) is 12.7. The number of carbonyl (C=O) groups is 1. The molecule has 1 aliphatic rings. The summed E-state index contributed by atoms with van der Waals surface area (Å²) >= 11 is 0. The molecule has 0 aromatic heterocycles.